The van der Waals surface area contributed by atoms with E-state index in [9.17, 15) is 13.6 Å². The van der Waals surface area contributed by atoms with Crippen LogP contribution in [0.3, 0.4) is 0 Å². The summed E-state index contributed by atoms with van der Waals surface area (Å²) in [5.74, 6) is -0.993. The molecule has 1 heterocycles. The molecule has 0 atom stereocenters. The van der Waals surface area contributed by atoms with Crippen molar-refractivity contribution in [3.63, 3.8) is 0 Å². The molecule has 0 spiro atoms. The van der Waals surface area contributed by atoms with Crippen molar-refractivity contribution >= 4 is 34.6 Å². The normalized spacial score (nSPS) is 13.3. The molecule has 5 rings (SSSR count). The van der Waals surface area contributed by atoms with Crippen LogP contribution >= 0.6 is 0 Å². The molecule has 1 fully saturated rings. The molecular weight excluding hydrogens is 456 g/mol. The molecule has 1 aliphatic rings. The van der Waals surface area contributed by atoms with Crippen LogP contribution in [0, 0.1) is 17.6 Å². The highest BCUT2D eigenvalue weighted by molar-refractivity contribution is 5.98. The quantitative estimate of drug-likeness (QED) is 0.233. The molecule has 1 saturated carbocycles. The second kappa shape index (κ2) is 10.3. The van der Waals surface area contributed by atoms with Gasteiger partial charge in [0, 0.05) is 29.3 Å². The molecular formula is C26H23F2N3O4. The zero-order valence-electron chi connectivity index (χ0n) is 18.6. The van der Waals surface area contributed by atoms with Gasteiger partial charge in [0.15, 0.2) is 17.4 Å². The molecule has 4 N–H and O–H groups in total. The second-order valence-corrected chi connectivity index (χ2v) is 8.28. The number of H-pyrrole nitrogens is 1. The number of ketones is 1. The van der Waals surface area contributed by atoms with E-state index in [4.69, 9.17) is 15.0 Å². The largest absolute Gasteiger partial charge is 0.503 e. The summed E-state index contributed by atoms with van der Waals surface area (Å²) in [4.78, 5) is 28.3. The Balaban J connectivity index is 0.000000672. The first-order valence-electron chi connectivity index (χ1n) is 11.1. The summed E-state index contributed by atoms with van der Waals surface area (Å²) in [5, 5.41) is 17.1. The van der Waals surface area contributed by atoms with E-state index in [0.29, 0.717) is 17.0 Å². The van der Waals surface area contributed by atoms with Crippen molar-refractivity contribution in [3.8, 4) is 11.1 Å². The Morgan fingerprint density at radius 3 is 2.03 bits per heavy atom. The summed E-state index contributed by atoms with van der Waals surface area (Å²) in [6, 6.07) is 17.7. The first-order valence-corrected chi connectivity index (χ1v) is 11.1. The number of hydrogen-bond donors (Lipinski definition) is 4. The lowest BCUT2D eigenvalue weighted by molar-refractivity contribution is 0.0922. The fourth-order valence-electron chi connectivity index (χ4n) is 4.20. The van der Waals surface area contributed by atoms with Crippen molar-refractivity contribution in [1.29, 1.82) is 0 Å². The van der Waals surface area contributed by atoms with Crippen LogP contribution < -0.4 is 5.32 Å². The summed E-state index contributed by atoms with van der Waals surface area (Å²) in [7, 11) is 0. The number of imidazole rings is 1. The molecule has 180 valence electrons. The van der Waals surface area contributed by atoms with Crippen LogP contribution in [0.25, 0.3) is 22.2 Å². The Labute approximate surface area is 199 Å². The Morgan fingerprint density at radius 2 is 1.43 bits per heavy atom. The Bertz CT molecular complexity index is 1300. The molecule has 0 bridgehead atoms. The number of anilines is 2. The Hall–Kier alpha value is -4.27. The number of aromatic amines is 1. The minimum atomic E-state index is -1.83. The van der Waals surface area contributed by atoms with Gasteiger partial charge in [0.1, 0.15) is 0 Å². The van der Waals surface area contributed by atoms with Crippen LogP contribution in [0.15, 0.2) is 60.7 Å². The van der Waals surface area contributed by atoms with Gasteiger partial charge in [0.25, 0.3) is 0 Å². The maximum atomic E-state index is 13.4. The van der Waals surface area contributed by atoms with Crippen LogP contribution in [-0.4, -0.2) is 32.1 Å². The van der Waals surface area contributed by atoms with Crippen LogP contribution in [0.1, 0.15) is 36.0 Å². The lowest BCUT2D eigenvalue weighted by atomic mass is 9.94. The van der Waals surface area contributed by atoms with Gasteiger partial charge in [-0.2, -0.15) is 0 Å². The number of benzene rings is 3. The summed E-state index contributed by atoms with van der Waals surface area (Å²) < 4.78 is 26.7. The number of rotatable bonds is 5. The van der Waals surface area contributed by atoms with E-state index in [2.05, 4.69) is 15.3 Å². The number of nitrogens with one attached hydrogen (secondary N) is 2. The predicted octanol–water partition coefficient (Wildman–Crippen LogP) is 6.85. The van der Waals surface area contributed by atoms with E-state index in [1.54, 1.807) is 0 Å². The number of Topliss-reactive ketones (excluding diaryl/α,β-unsaturated/α-hetero) is 1. The fraction of sp³-hybridized carbons (Fsp3) is 0.192. The zero-order chi connectivity index (χ0) is 24.9. The first kappa shape index (κ1) is 23.9. The smallest absolute Gasteiger partial charge is 0.450 e. The van der Waals surface area contributed by atoms with Crippen LogP contribution in [0.4, 0.5) is 25.2 Å². The Kier molecular flexibility index (Phi) is 7.05. The average molecular weight is 479 g/mol. The van der Waals surface area contributed by atoms with Crippen molar-refractivity contribution in [1.82, 2.24) is 9.97 Å². The lowest BCUT2D eigenvalue weighted by Gasteiger charge is -2.09. The molecule has 3 aromatic carbocycles. The third-order valence-corrected chi connectivity index (χ3v) is 5.90. The van der Waals surface area contributed by atoms with E-state index in [1.807, 2.05) is 48.5 Å². The van der Waals surface area contributed by atoms with Gasteiger partial charge in [-0.1, -0.05) is 49.2 Å². The number of carbonyl (C=O) groups excluding carboxylic acids is 1. The van der Waals surface area contributed by atoms with E-state index in [-0.39, 0.29) is 11.7 Å². The second-order valence-electron chi connectivity index (χ2n) is 8.28. The summed E-state index contributed by atoms with van der Waals surface area (Å²) in [6.45, 7) is 0. The zero-order valence-corrected chi connectivity index (χ0v) is 18.6. The minimum absolute atomic E-state index is 0.183. The van der Waals surface area contributed by atoms with Gasteiger partial charge in [-0.3, -0.25) is 4.79 Å². The minimum Gasteiger partial charge on any atom is -0.450 e. The number of halogens is 2. The SMILES string of the molecule is O=C(O)O.O=C(c1ccc(-c2ccc(Nc3nc4cc(F)c(F)cc4[nH]3)cc2)cc1)C1CCCC1. The van der Waals surface area contributed by atoms with Gasteiger partial charge in [0.2, 0.25) is 5.95 Å². The average Bonchev–Trinajstić information content (AvgIpc) is 3.49. The maximum Gasteiger partial charge on any atom is 0.503 e. The van der Waals surface area contributed by atoms with E-state index >= 15 is 0 Å². The number of hydrogen-bond acceptors (Lipinski definition) is 4. The highest BCUT2D eigenvalue weighted by Crippen LogP contribution is 2.29. The van der Waals surface area contributed by atoms with Gasteiger partial charge in [-0.15, -0.1) is 0 Å². The number of nitrogens with zero attached hydrogens (tertiary/aromatic N) is 1. The molecule has 1 aliphatic carbocycles. The molecule has 1 aromatic heterocycles. The van der Waals surface area contributed by atoms with E-state index < -0.39 is 17.8 Å². The maximum absolute atomic E-state index is 13.4. The summed E-state index contributed by atoms with van der Waals surface area (Å²) in [5.41, 5.74) is 4.40. The molecule has 7 nitrogen and oxygen atoms in total. The number of fused-ring (bicyclic) bond motifs is 1. The van der Waals surface area contributed by atoms with Gasteiger partial charge in [0.05, 0.1) is 11.0 Å². The van der Waals surface area contributed by atoms with Crippen molar-refractivity contribution in [2.45, 2.75) is 25.7 Å². The molecule has 9 heteroatoms. The highest BCUT2D eigenvalue weighted by atomic mass is 19.2. The molecule has 0 radical (unpaired) electrons. The molecule has 0 unspecified atom stereocenters. The monoisotopic (exact) mass is 479 g/mol. The van der Waals surface area contributed by atoms with Crippen LogP contribution in [0.5, 0.6) is 0 Å². The van der Waals surface area contributed by atoms with Gasteiger partial charge in [-0.25, -0.2) is 18.6 Å². The third kappa shape index (κ3) is 5.81. The number of carbonyl (C=O) groups is 2. The predicted molar refractivity (Wildman–Crippen MR) is 128 cm³/mol. The third-order valence-electron chi connectivity index (χ3n) is 5.90. The topological polar surface area (TPSA) is 115 Å². The van der Waals surface area contributed by atoms with Crippen molar-refractivity contribution in [2.24, 2.45) is 5.92 Å². The molecule has 0 saturated heterocycles. The fourth-order valence-corrected chi connectivity index (χ4v) is 4.20. The van der Waals surface area contributed by atoms with Crippen molar-refractivity contribution in [3.05, 3.63) is 77.9 Å². The van der Waals surface area contributed by atoms with Crippen molar-refractivity contribution < 1.29 is 28.6 Å². The van der Waals surface area contributed by atoms with Gasteiger partial charge < -0.3 is 20.5 Å². The molecule has 0 aliphatic heterocycles. The molecule has 4 aromatic rings. The van der Waals surface area contributed by atoms with Gasteiger partial charge >= 0.3 is 6.16 Å². The van der Waals surface area contributed by atoms with Crippen LogP contribution in [0.2, 0.25) is 0 Å². The van der Waals surface area contributed by atoms with Gasteiger partial charge in [-0.05, 0) is 36.1 Å². The highest BCUT2D eigenvalue weighted by Gasteiger charge is 2.23. The Morgan fingerprint density at radius 1 is 0.886 bits per heavy atom. The van der Waals surface area contributed by atoms with Crippen LogP contribution in [-0.2, 0) is 0 Å². The lowest BCUT2D eigenvalue weighted by Crippen LogP contribution is -2.10. The van der Waals surface area contributed by atoms with Crippen molar-refractivity contribution in [2.75, 3.05) is 5.32 Å². The number of carboxylic acid groups (broad SMARTS) is 2. The molecule has 35 heavy (non-hydrogen) atoms. The summed E-state index contributed by atoms with van der Waals surface area (Å²) in [6.07, 6.45) is 2.47. The standard InChI is InChI=1S/C25H21F2N3O.CH2O3/c26-20-13-22-23(14-21(20)27)30-25(29-22)28-19-11-9-16(10-12-19)15-5-7-18(8-6-15)24(31)17-3-1-2-4-17;2-1(3)4/h5-14,17H,1-4H2,(H2,28,29,30);(H2,2,3,4). The van der Waals surface area contributed by atoms with E-state index in [1.165, 1.54) is 0 Å². The van der Waals surface area contributed by atoms with E-state index in [0.717, 1.165) is 60.2 Å². The number of aromatic nitrogens is 2. The first-order chi connectivity index (χ1) is 16.8. The molecule has 0 amide bonds. The summed E-state index contributed by atoms with van der Waals surface area (Å²) >= 11 is 0.